The minimum atomic E-state index is -0.245. The van der Waals surface area contributed by atoms with E-state index in [0.29, 0.717) is 19.7 Å². The molecule has 1 amide bonds. The average molecular weight is 327 g/mol. The Morgan fingerprint density at radius 1 is 1.29 bits per heavy atom. The summed E-state index contributed by atoms with van der Waals surface area (Å²) >= 11 is 0. The highest BCUT2D eigenvalue weighted by atomic mass is 16.5. The van der Waals surface area contributed by atoms with Crippen LogP contribution in [0, 0.1) is 6.92 Å². The molecule has 1 atom stereocenters. The Labute approximate surface area is 141 Å². The lowest BCUT2D eigenvalue weighted by atomic mass is 10.1. The molecule has 1 aliphatic heterocycles. The third-order valence-electron chi connectivity index (χ3n) is 3.91. The van der Waals surface area contributed by atoms with Crippen LogP contribution in [0.1, 0.15) is 28.1 Å². The number of carbonyl (C=O) groups is 1. The van der Waals surface area contributed by atoms with Gasteiger partial charge in [-0.3, -0.25) is 9.78 Å². The molecule has 3 heterocycles. The Bertz CT molecular complexity index is 720. The van der Waals surface area contributed by atoms with Gasteiger partial charge < -0.3 is 14.5 Å². The number of hydrogen-bond acceptors (Lipinski definition) is 6. The zero-order valence-corrected chi connectivity index (χ0v) is 14.1. The van der Waals surface area contributed by atoms with Crippen LogP contribution in [-0.2, 0) is 4.74 Å². The third-order valence-corrected chi connectivity index (χ3v) is 3.91. The molecule has 0 saturated carbocycles. The molecule has 3 rings (SSSR count). The van der Waals surface area contributed by atoms with Crippen molar-refractivity contribution >= 4 is 11.6 Å². The summed E-state index contributed by atoms with van der Waals surface area (Å²) in [6.07, 6.45) is 2.90. The fourth-order valence-corrected chi connectivity index (χ4v) is 2.66. The summed E-state index contributed by atoms with van der Waals surface area (Å²) in [4.78, 5) is 29.0. The molecule has 0 bridgehead atoms. The van der Waals surface area contributed by atoms with Gasteiger partial charge in [0.2, 0.25) is 5.82 Å². The number of ether oxygens (including phenoxy) is 1. The van der Waals surface area contributed by atoms with Crippen LogP contribution in [0.25, 0.3) is 0 Å². The highest BCUT2D eigenvalue weighted by molar-refractivity contribution is 5.90. The molecule has 24 heavy (non-hydrogen) atoms. The van der Waals surface area contributed by atoms with E-state index in [1.807, 2.05) is 38.1 Å². The smallest absolute Gasteiger partial charge is 0.291 e. The van der Waals surface area contributed by atoms with Gasteiger partial charge in [0.15, 0.2) is 0 Å². The number of nitrogens with zero attached hydrogens (tertiary/aromatic N) is 5. The van der Waals surface area contributed by atoms with E-state index in [1.54, 1.807) is 23.4 Å². The lowest BCUT2D eigenvalue weighted by Gasteiger charge is -2.32. The van der Waals surface area contributed by atoms with Crippen LogP contribution in [0.4, 0.5) is 5.69 Å². The fourth-order valence-electron chi connectivity index (χ4n) is 2.66. The van der Waals surface area contributed by atoms with Crippen molar-refractivity contribution in [2.45, 2.75) is 13.0 Å². The number of aromatic nitrogens is 3. The lowest BCUT2D eigenvalue weighted by Crippen LogP contribution is -2.43. The molecule has 7 nitrogen and oxygen atoms in total. The number of anilines is 1. The summed E-state index contributed by atoms with van der Waals surface area (Å²) in [5.74, 6) is 0.0359. The Morgan fingerprint density at radius 2 is 2.04 bits per heavy atom. The molecule has 0 aliphatic carbocycles. The fraction of sp³-hybridized carbons (Fsp3) is 0.412. The summed E-state index contributed by atoms with van der Waals surface area (Å²) in [5.41, 5.74) is 2.83. The predicted molar refractivity (Wildman–Crippen MR) is 89.9 cm³/mol. The molecule has 7 heteroatoms. The maximum Gasteiger partial charge on any atom is 0.291 e. The van der Waals surface area contributed by atoms with E-state index in [-0.39, 0.29) is 17.8 Å². The molecule has 0 unspecified atom stereocenters. The molecule has 126 valence electrons. The molecular formula is C17H21N5O2. The van der Waals surface area contributed by atoms with Crippen molar-refractivity contribution < 1.29 is 9.53 Å². The number of morpholine rings is 1. The topological polar surface area (TPSA) is 71.5 Å². The molecular weight excluding hydrogens is 306 g/mol. The summed E-state index contributed by atoms with van der Waals surface area (Å²) in [6, 6.07) is 5.72. The van der Waals surface area contributed by atoms with E-state index >= 15 is 0 Å². The zero-order valence-electron chi connectivity index (χ0n) is 14.1. The van der Waals surface area contributed by atoms with Gasteiger partial charge in [0, 0.05) is 44.4 Å². The van der Waals surface area contributed by atoms with Gasteiger partial charge in [0.1, 0.15) is 6.10 Å². The van der Waals surface area contributed by atoms with Gasteiger partial charge in [-0.15, -0.1) is 0 Å². The van der Waals surface area contributed by atoms with Crippen molar-refractivity contribution in [3.8, 4) is 0 Å². The molecule has 1 saturated heterocycles. The second kappa shape index (κ2) is 6.92. The van der Waals surface area contributed by atoms with E-state index in [0.717, 1.165) is 17.1 Å². The quantitative estimate of drug-likeness (QED) is 0.850. The SMILES string of the molecule is Cc1cc(N(C)C)cc([C@H]2CN(C(=O)c3ncccn3)CCO2)n1. The number of rotatable bonds is 3. The van der Waals surface area contributed by atoms with Crippen molar-refractivity contribution in [3.05, 3.63) is 47.8 Å². The first-order chi connectivity index (χ1) is 11.5. The molecule has 0 radical (unpaired) electrons. The van der Waals surface area contributed by atoms with Gasteiger partial charge in [-0.05, 0) is 25.1 Å². The van der Waals surface area contributed by atoms with E-state index in [9.17, 15) is 4.79 Å². The minimum Gasteiger partial charge on any atom is -0.378 e. The molecule has 0 N–H and O–H groups in total. The van der Waals surface area contributed by atoms with E-state index in [2.05, 4.69) is 15.0 Å². The van der Waals surface area contributed by atoms with Crippen molar-refractivity contribution in [2.24, 2.45) is 0 Å². The van der Waals surface area contributed by atoms with Gasteiger partial charge in [0.05, 0.1) is 18.8 Å². The molecule has 0 aromatic carbocycles. The van der Waals surface area contributed by atoms with Crippen molar-refractivity contribution in [1.29, 1.82) is 0 Å². The first-order valence-electron chi connectivity index (χ1n) is 7.88. The van der Waals surface area contributed by atoms with E-state index < -0.39 is 0 Å². The van der Waals surface area contributed by atoms with Crippen LogP contribution in [0.2, 0.25) is 0 Å². The zero-order chi connectivity index (χ0) is 17.1. The summed E-state index contributed by atoms with van der Waals surface area (Å²) in [6.45, 7) is 3.40. The number of carbonyl (C=O) groups excluding carboxylic acids is 1. The van der Waals surface area contributed by atoms with Crippen LogP contribution < -0.4 is 4.90 Å². The van der Waals surface area contributed by atoms with Crippen LogP contribution in [-0.4, -0.2) is 59.6 Å². The van der Waals surface area contributed by atoms with E-state index in [4.69, 9.17) is 4.74 Å². The summed E-state index contributed by atoms with van der Waals surface area (Å²) in [5, 5.41) is 0. The largest absolute Gasteiger partial charge is 0.378 e. The Kier molecular flexibility index (Phi) is 4.71. The highest BCUT2D eigenvalue weighted by Gasteiger charge is 2.28. The van der Waals surface area contributed by atoms with E-state index in [1.165, 1.54) is 0 Å². The second-order valence-corrected chi connectivity index (χ2v) is 5.97. The maximum absolute atomic E-state index is 12.5. The Morgan fingerprint density at radius 3 is 2.75 bits per heavy atom. The Balaban J connectivity index is 1.80. The van der Waals surface area contributed by atoms with Crippen molar-refractivity contribution in [1.82, 2.24) is 19.9 Å². The normalized spacial score (nSPS) is 17.6. The van der Waals surface area contributed by atoms with Crippen LogP contribution >= 0.6 is 0 Å². The van der Waals surface area contributed by atoms with Gasteiger partial charge in [-0.2, -0.15) is 0 Å². The molecule has 1 aliphatic rings. The van der Waals surface area contributed by atoms with Crippen molar-refractivity contribution in [3.63, 3.8) is 0 Å². The van der Waals surface area contributed by atoms with Crippen LogP contribution in [0.5, 0.6) is 0 Å². The predicted octanol–water partition coefficient (Wildman–Crippen LogP) is 1.46. The Hall–Kier alpha value is -2.54. The standard InChI is InChI=1S/C17H21N5O2/c1-12-9-13(21(2)3)10-14(20-12)15-11-22(7-8-24-15)17(23)16-18-5-4-6-19-16/h4-6,9-10,15H,7-8,11H2,1-3H3/t15-/m1/s1. The summed E-state index contributed by atoms with van der Waals surface area (Å²) in [7, 11) is 3.98. The van der Waals surface area contributed by atoms with Gasteiger partial charge in [-0.1, -0.05) is 0 Å². The van der Waals surface area contributed by atoms with Crippen LogP contribution in [0.3, 0.4) is 0 Å². The number of amides is 1. The second-order valence-electron chi connectivity index (χ2n) is 5.97. The molecule has 2 aromatic heterocycles. The number of aryl methyl sites for hydroxylation is 1. The molecule has 0 spiro atoms. The summed E-state index contributed by atoms with van der Waals surface area (Å²) < 4.78 is 5.85. The molecule has 2 aromatic rings. The van der Waals surface area contributed by atoms with Crippen LogP contribution in [0.15, 0.2) is 30.6 Å². The highest BCUT2D eigenvalue weighted by Crippen LogP contribution is 2.25. The van der Waals surface area contributed by atoms with Gasteiger partial charge in [-0.25, -0.2) is 9.97 Å². The lowest BCUT2D eigenvalue weighted by molar-refractivity contribution is -0.0251. The number of pyridine rings is 1. The first-order valence-corrected chi connectivity index (χ1v) is 7.88. The minimum absolute atomic E-state index is 0.176. The third kappa shape index (κ3) is 3.51. The molecule has 1 fully saturated rings. The number of hydrogen-bond donors (Lipinski definition) is 0. The van der Waals surface area contributed by atoms with Gasteiger partial charge in [0.25, 0.3) is 5.91 Å². The van der Waals surface area contributed by atoms with Gasteiger partial charge >= 0.3 is 0 Å². The van der Waals surface area contributed by atoms with Crippen molar-refractivity contribution in [2.75, 3.05) is 38.7 Å². The maximum atomic E-state index is 12.5. The first kappa shape index (κ1) is 16.3. The average Bonchev–Trinajstić information content (AvgIpc) is 2.61. The monoisotopic (exact) mass is 327 g/mol.